The first-order chi connectivity index (χ1) is 18.2. The summed E-state index contributed by atoms with van der Waals surface area (Å²) in [6.45, 7) is 4.04. The van der Waals surface area contributed by atoms with Crippen LogP contribution < -0.4 is 19.6 Å². The molecule has 12 heteroatoms. The summed E-state index contributed by atoms with van der Waals surface area (Å²) in [4.78, 5) is 32.8. The number of hydrazone groups is 1. The number of carbonyl (C=O) groups is 1. The maximum absolute atomic E-state index is 12.1. The largest absolute Gasteiger partial charge is 0.493 e. The Balaban J connectivity index is 1.61. The first kappa shape index (κ1) is 27.6. The summed E-state index contributed by atoms with van der Waals surface area (Å²) in [5, 5.41) is 26.2. The monoisotopic (exact) mass is 522 g/mol. The van der Waals surface area contributed by atoms with Crippen LogP contribution in [0.5, 0.6) is 23.0 Å². The highest BCUT2D eigenvalue weighted by Crippen LogP contribution is 2.38. The fourth-order valence-electron chi connectivity index (χ4n) is 3.30. The Morgan fingerprint density at radius 3 is 2.34 bits per heavy atom. The van der Waals surface area contributed by atoms with Gasteiger partial charge in [0.25, 0.3) is 11.6 Å². The number of methoxy groups -OCH3 is 1. The van der Waals surface area contributed by atoms with Gasteiger partial charge in [0.2, 0.25) is 5.75 Å². The fraction of sp³-hybridized carbons (Fsp3) is 0.231. The number of hydrogen-bond acceptors (Lipinski definition) is 9. The minimum atomic E-state index is -0.774. The normalized spacial score (nSPS) is 11.6. The quantitative estimate of drug-likeness (QED) is 0.190. The van der Waals surface area contributed by atoms with Crippen molar-refractivity contribution in [2.75, 3.05) is 13.7 Å². The van der Waals surface area contributed by atoms with E-state index in [1.807, 2.05) is 24.3 Å². The van der Waals surface area contributed by atoms with Crippen molar-refractivity contribution in [2.24, 2.45) is 5.10 Å². The molecule has 0 aliphatic heterocycles. The van der Waals surface area contributed by atoms with Crippen molar-refractivity contribution in [1.82, 2.24) is 5.43 Å². The highest BCUT2D eigenvalue weighted by atomic mass is 16.6. The number of nitrogens with zero attached hydrogens (tertiary/aromatic N) is 3. The number of rotatable bonds is 12. The van der Waals surface area contributed by atoms with E-state index in [-0.39, 0.29) is 23.9 Å². The molecule has 0 aromatic heterocycles. The smallest absolute Gasteiger partial charge is 0.318 e. The predicted octanol–water partition coefficient (Wildman–Crippen LogP) is 5.35. The lowest BCUT2D eigenvalue weighted by molar-refractivity contribution is -0.394. The number of nitro groups is 2. The molecule has 198 valence electrons. The molecule has 1 atom stereocenters. The van der Waals surface area contributed by atoms with Crippen molar-refractivity contribution < 1.29 is 28.9 Å². The predicted molar refractivity (Wildman–Crippen MR) is 139 cm³/mol. The van der Waals surface area contributed by atoms with Gasteiger partial charge in [-0.1, -0.05) is 26.0 Å². The summed E-state index contributed by atoms with van der Waals surface area (Å²) in [6, 6.07) is 15.2. The summed E-state index contributed by atoms with van der Waals surface area (Å²) in [5.41, 5.74) is 3.10. The molecule has 38 heavy (non-hydrogen) atoms. The van der Waals surface area contributed by atoms with E-state index in [1.54, 1.807) is 6.07 Å². The van der Waals surface area contributed by atoms with E-state index >= 15 is 0 Å². The lowest BCUT2D eigenvalue weighted by Gasteiger charge is -2.11. The molecule has 0 saturated carbocycles. The van der Waals surface area contributed by atoms with E-state index in [9.17, 15) is 25.0 Å². The number of nitro benzene ring substituents is 2. The first-order valence-electron chi connectivity index (χ1n) is 11.5. The zero-order chi connectivity index (χ0) is 27.7. The van der Waals surface area contributed by atoms with Crippen LogP contribution in [-0.4, -0.2) is 35.7 Å². The molecule has 0 saturated heterocycles. The molecule has 0 unspecified atom stereocenters. The SMILES string of the molecule is CC[C@@H](C)c1ccc(OCC(=O)N/N=C/c2ccc(Oc3ccc([N+](=O)[O-])cc3[N+](=O)[O-])c(OC)c2)cc1. The van der Waals surface area contributed by atoms with E-state index in [2.05, 4.69) is 24.4 Å². The topological polar surface area (TPSA) is 155 Å². The number of benzene rings is 3. The van der Waals surface area contributed by atoms with E-state index in [4.69, 9.17) is 14.2 Å². The molecule has 3 rings (SSSR count). The van der Waals surface area contributed by atoms with Gasteiger partial charge in [-0.2, -0.15) is 5.10 Å². The van der Waals surface area contributed by atoms with Crippen LogP contribution in [0.25, 0.3) is 0 Å². The number of amides is 1. The Kier molecular flexibility index (Phi) is 9.30. The summed E-state index contributed by atoms with van der Waals surface area (Å²) >= 11 is 0. The summed E-state index contributed by atoms with van der Waals surface area (Å²) in [5.74, 6) is 0.730. The fourth-order valence-corrected chi connectivity index (χ4v) is 3.30. The second-order valence-corrected chi connectivity index (χ2v) is 8.14. The molecule has 12 nitrogen and oxygen atoms in total. The Morgan fingerprint density at radius 1 is 1.00 bits per heavy atom. The number of carbonyl (C=O) groups excluding carboxylic acids is 1. The minimum Gasteiger partial charge on any atom is -0.493 e. The van der Waals surface area contributed by atoms with Crippen LogP contribution in [0.2, 0.25) is 0 Å². The van der Waals surface area contributed by atoms with Crippen molar-refractivity contribution in [1.29, 1.82) is 0 Å². The molecule has 1 amide bonds. The molecule has 0 spiro atoms. The third kappa shape index (κ3) is 7.26. The van der Waals surface area contributed by atoms with Crippen LogP contribution in [-0.2, 0) is 4.79 Å². The molecule has 3 aromatic carbocycles. The van der Waals surface area contributed by atoms with Gasteiger partial charge in [0.05, 0.1) is 29.2 Å². The van der Waals surface area contributed by atoms with Gasteiger partial charge in [0, 0.05) is 6.07 Å². The number of non-ortho nitro benzene ring substituents is 1. The average molecular weight is 523 g/mol. The highest BCUT2D eigenvalue weighted by Gasteiger charge is 2.22. The third-order valence-corrected chi connectivity index (χ3v) is 5.59. The van der Waals surface area contributed by atoms with E-state index in [1.165, 1.54) is 31.0 Å². The van der Waals surface area contributed by atoms with Crippen molar-refractivity contribution in [3.8, 4) is 23.0 Å². The summed E-state index contributed by atoms with van der Waals surface area (Å²) in [7, 11) is 1.38. The van der Waals surface area contributed by atoms with Crippen LogP contribution in [0, 0.1) is 20.2 Å². The maximum atomic E-state index is 12.1. The van der Waals surface area contributed by atoms with Crippen LogP contribution >= 0.6 is 0 Å². The van der Waals surface area contributed by atoms with Gasteiger partial charge in [-0.05, 0) is 59.9 Å². The van der Waals surface area contributed by atoms with Gasteiger partial charge >= 0.3 is 5.69 Å². The lowest BCUT2D eigenvalue weighted by atomic mass is 9.99. The van der Waals surface area contributed by atoms with Gasteiger partial charge in [-0.25, -0.2) is 5.43 Å². The van der Waals surface area contributed by atoms with Crippen molar-refractivity contribution in [3.63, 3.8) is 0 Å². The highest BCUT2D eigenvalue weighted by molar-refractivity contribution is 5.83. The number of ether oxygens (including phenoxy) is 3. The molecular weight excluding hydrogens is 496 g/mol. The Bertz CT molecular complexity index is 1340. The molecular formula is C26H26N4O8. The second kappa shape index (κ2) is 12.8. The molecule has 0 bridgehead atoms. The molecule has 0 radical (unpaired) electrons. The standard InChI is InChI=1S/C26H26N4O8/c1-4-17(2)19-6-9-21(10-7-19)37-16-26(31)28-27-15-18-5-11-24(25(13-18)36-3)38-23-12-8-20(29(32)33)14-22(23)30(34)35/h5-15,17H,4,16H2,1-3H3,(H,28,31)/b27-15+/t17-/m1/s1. The van der Waals surface area contributed by atoms with Gasteiger partial charge in [0.1, 0.15) is 5.75 Å². The molecule has 0 aliphatic carbocycles. The van der Waals surface area contributed by atoms with Crippen LogP contribution in [0.1, 0.15) is 37.3 Å². The van der Waals surface area contributed by atoms with Crippen LogP contribution in [0.3, 0.4) is 0 Å². The Hall–Kier alpha value is -5.00. The third-order valence-electron chi connectivity index (χ3n) is 5.59. The molecule has 3 aromatic rings. The minimum absolute atomic E-state index is 0.137. The number of hydrogen-bond donors (Lipinski definition) is 1. The van der Waals surface area contributed by atoms with Gasteiger partial charge < -0.3 is 14.2 Å². The zero-order valence-corrected chi connectivity index (χ0v) is 21.0. The van der Waals surface area contributed by atoms with Crippen molar-refractivity contribution in [2.45, 2.75) is 26.2 Å². The summed E-state index contributed by atoms with van der Waals surface area (Å²) < 4.78 is 16.4. The van der Waals surface area contributed by atoms with Crippen LogP contribution in [0.15, 0.2) is 65.8 Å². The lowest BCUT2D eigenvalue weighted by Crippen LogP contribution is -2.24. The van der Waals surface area contributed by atoms with E-state index in [0.29, 0.717) is 17.2 Å². The molecule has 0 fully saturated rings. The number of nitrogens with one attached hydrogen (secondary N) is 1. The Labute approximate surface area is 218 Å². The Morgan fingerprint density at radius 2 is 1.71 bits per heavy atom. The van der Waals surface area contributed by atoms with Crippen LogP contribution in [0.4, 0.5) is 11.4 Å². The molecule has 0 aliphatic rings. The van der Waals surface area contributed by atoms with Crippen molar-refractivity contribution >= 4 is 23.5 Å². The average Bonchev–Trinajstić information content (AvgIpc) is 2.92. The summed E-state index contributed by atoms with van der Waals surface area (Å²) in [6.07, 6.45) is 2.41. The molecule has 1 N–H and O–H groups in total. The molecule has 0 heterocycles. The van der Waals surface area contributed by atoms with Crippen molar-refractivity contribution in [3.05, 3.63) is 92.0 Å². The van der Waals surface area contributed by atoms with Gasteiger partial charge in [-0.15, -0.1) is 0 Å². The van der Waals surface area contributed by atoms with Gasteiger partial charge in [0.15, 0.2) is 18.1 Å². The zero-order valence-electron chi connectivity index (χ0n) is 21.0. The maximum Gasteiger partial charge on any atom is 0.318 e. The van der Waals surface area contributed by atoms with E-state index in [0.717, 1.165) is 24.6 Å². The first-order valence-corrected chi connectivity index (χ1v) is 11.5. The van der Waals surface area contributed by atoms with E-state index < -0.39 is 27.1 Å². The second-order valence-electron chi connectivity index (χ2n) is 8.14. The van der Waals surface area contributed by atoms with Gasteiger partial charge in [-0.3, -0.25) is 25.0 Å².